The number of carboxylic acid groups (broad SMARTS) is 1. The molecule has 0 aromatic heterocycles. The van der Waals surface area contributed by atoms with E-state index in [4.69, 9.17) is 5.11 Å². The summed E-state index contributed by atoms with van der Waals surface area (Å²) in [5.41, 5.74) is 0. The van der Waals surface area contributed by atoms with Crippen LogP contribution in [0, 0.1) is 11.8 Å². The molecule has 1 heterocycles. The second kappa shape index (κ2) is 7.47. The summed E-state index contributed by atoms with van der Waals surface area (Å²) < 4.78 is 0. The lowest BCUT2D eigenvalue weighted by molar-refractivity contribution is -0.142. The van der Waals surface area contributed by atoms with Crippen LogP contribution >= 0.6 is 0 Å². The molecule has 2 amide bonds. The predicted octanol–water partition coefficient (Wildman–Crippen LogP) is 1.08. The van der Waals surface area contributed by atoms with Gasteiger partial charge in [0.2, 0.25) is 0 Å². The normalized spacial score (nSPS) is 22.4. The van der Waals surface area contributed by atoms with E-state index in [9.17, 15) is 9.59 Å². The van der Waals surface area contributed by atoms with Gasteiger partial charge in [0.05, 0.1) is 5.92 Å². The van der Waals surface area contributed by atoms with Crippen molar-refractivity contribution >= 4 is 12.0 Å². The smallest absolute Gasteiger partial charge is 0.317 e. The molecule has 0 radical (unpaired) electrons. The number of likely N-dealkylation sites (N-methyl/N-ethyl adjacent to an activating group) is 1. The average Bonchev–Trinajstić information content (AvgIpc) is 2.49. The van der Waals surface area contributed by atoms with E-state index in [0.717, 1.165) is 26.1 Å². The second-order valence-electron chi connectivity index (χ2n) is 6.03. The molecule has 2 N–H and O–H groups in total. The van der Waals surface area contributed by atoms with Gasteiger partial charge in [-0.2, -0.15) is 0 Å². The van der Waals surface area contributed by atoms with E-state index in [1.807, 2.05) is 25.7 Å². The number of carbonyl (C=O) groups excluding carboxylic acids is 1. The van der Waals surface area contributed by atoms with Gasteiger partial charge in [-0.1, -0.05) is 13.8 Å². The minimum absolute atomic E-state index is 0.000454. The standard InChI is InChI=1S/C14H27N3O3/c1-10(2)12(13(18)19)8-15-14(20)17-7-5-6-16(4)9-11(17)3/h10-12H,5-9H2,1-4H3,(H,15,20)(H,18,19). The van der Waals surface area contributed by atoms with E-state index in [-0.39, 0.29) is 24.5 Å². The molecule has 6 nitrogen and oxygen atoms in total. The molecule has 0 saturated carbocycles. The van der Waals surface area contributed by atoms with Crippen molar-refractivity contribution in [1.82, 2.24) is 15.1 Å². The fourth-order valence-corrected chi connectivity index (χ4v) is 2.58. The number of carbonyl (C=O) groups is 2. The zero-order valence-corrected chi connectivity index (χ0v) is 12.9. The maximum absolute atomic E-state index is 12.2. The first-order valence-electron chi connectivity index (χ1n) is 7.28. The van der Waals surface area contributed by atoms with Gasteiger partial charge < -0.3 is 20.2 Å². The van der Waals surface area contributed by atoms with Crippen LogP contribution < -0.4 is 5.32 Å². The average molecular weight is 285 g/mol. The number of hydrogen-bond acceptors (Lipinski definition) is 3. The largest absolute Gasteiger partial charge is 0.481 e. The summed E-state index contributed by atoms with van der Waals surface area (Å²) in [7, 11) is 2.05. The van der Waals surface area contributed by atoms with E-state index in [0.29, 0.717) is 0 Å². The summed E-state index contributed by atoms with van der Waals surface area (Å²) in [6.45, 7) is 8.47. The fourth-order valence-electron chi connectivity index (χ4n) is 2.58. The second-order valence-corrected chi connectivity index (χ2v) is 6.03. The van der Waals surface area contributed by atoms with Crippen molar-refractivity contribution in [2.24, 2.45) is 11.8 Å². The Balaban J connectivity index is 2.54. The summed E-state index contributed by atoms with van der Waals surface area (Å²) >= 11 is 0. The molecule has 1 aliphatic rings. The quantitative estimate of drug-likeness (QED) is 0.810. The van der Waals surface area contributed by atoms with E-state index in [2.05, 4.69) is 17.3 Å². The molecule has 2 atom stereocenters. The van der Waals surface area contributed by atoms with Crippen molar-refractivity contribution in [3.8, 4) is 0 Å². The molecule has 0 aliphatic carbocycles. The number of hydrogen-bond donors (Lipinski definition) is 2. The molecule has 1 aliphatic heterocycles. The number of rotatable bonds is 4. The van der Waals surface area contributed by atoms with Crippen LogP contribution in [0.4, 0.5) is 4.79 Å². The maximum atomic E-state index is 12.2. The lowest BCUT2D eigenvalue weighted by Crippen LogP contribution is -2.49. The minimum atomic E-state index is -0.857. The molecule has 0 aromatic rings. The lowest BCUT2D eigenvalue weighted by atomic mass is 9.96. The van der Waals surface area contributed by atoms with E-state index < -0.39 is 11.9 Å². The van der Waals surface area contributed by atoms with Gasteiger partial charge in [0.15, 0.2) is 0 Å². The molecular weight excluding hydrogens is 258 g/mol. The zero-order chi connectivity index (χ0) is 15.3. The topological polar surface area (TPSA) is 72.9 Å². The fraction of sp³-hybridized carbons (Fsp3) is 0.857. The Bertz CT molecular complexity index is 347. The summed E-state index contributed by atoms with van der Waals surface area (Å²) in [4.78, 5) is 27.4. The summed E-state index contributed by atoms with van der Waals surface area (Å²) in [5, 5.41) is 11.9. The highest BCUT2D eigenvalue weighted by molar-refractivity contribution is 5.76. The van der Waals surface area contributed by atoms with E-state index in [1.165, 1.54) is 0 Å². The molecular formula is C14H27N3O3. The van der Waals surface area contributed by atoms with Crippen LogP contribution in [-0.2, 0) is 4.79 Å². The summed E-state index contributed by atoms with van der Waals surface area (Å²) in [6, 6.07) is -0.00970. The maximum Gasteiger partial charge on any atom is 0.317 e. The van der Waals surface area contributed by atoms with Crippen molar-refractivity contribution in [1.29, 1.82) is 0 Å². The van der Waals surface area contributed by atoms with Crippen LogP contribution in [0.15, 0.2) is 0 Å². The minimum Gasteiger partial charge on any atom is -0.481 e. The number of nitrogens with zero attached hydrogens (tertiary/aromatic N) is 2. The molecule has 0 bridgehead atoms. The number of amides is 2. The highest BCUT2D eigenvalue weighted by Gasteiger charge is 2.26. The van der Waals surface area contributed by atoms with Crippen LogP contribution in [-0.4, -0.2) is 66.2 Å². The Morgan fingerprint density at radius 2 is 2.00 bits per heavy atom. The molecule has 0 aromatic carbocycles. The molecule has 116 valence electrons. The number of carboxylic acids is 1. The SMILES string of the molecule is CC(C)C(CNC(=O)N1CCCN(C)CC1C)C(=O)O. The molecule has 2 unspecified atom stereocenters. The molecule has 0 spiro atoms. The van der Waals surface area contributed by atoms with Crippen molar-refractivity contribution in [2.45, 2.75) is 33.2 Å². The van der Waals surface area contributed by atoms with Crippen molar-refractivity contribution < 1.29 is 14.7 Å². The predicted molar refractivity (Wildman–Crippen MR) is 77.6 cm³/mol. The third-order valence-corrected chi connectivity index (χ3v) is 3.90. The summed E-state index contributed by atoms with van der Waals surface area (Å²) in [5.74, 6) is -1.40. The third kappa shape index (κ3) is 4.67. The molecule has 1 rings (SSSR count). The monoisotopic (exact) mass is 285 g/mol. The van der Waals surface area contributed by atoms with Gasteiger partial charge in [-0.05, 0) is 32.9 Å². The van der Waals surface area contributed by atoms with Crippen LogP contribution in [0.5, 0.6) is 0 Å². The lowest BCUT2D eigenvalue weighted by Gasteiger charge is -2.29. The van der Waals surface area contributed by atoms with E-state index in [1.54, 1.807) is 0 Å². The number of urea groups is 1. The number of nitrogens with one attached hydrogen (secondary N) is 1. The first-order valence-corrected chi connectivity index (χ1v) is 7.28. The Hall–Kier alpha value is -1.30. The zero-order valence-electron chi connectivity index (χ0n) is 12.9. The number of aliphatic carboxylic acids is 1. The Morgan fingerprint density at radius 3 is 2.55 bits per heavy atom. The molecule has 6 heteroatoms. The van der Waals surface area contributed by atoms with Gasteiger partial charge in [-0.3, -0.25) is 4.79 Å². The Morgan fingerprint density at radius 1 is 1.35 bits per heavy atom. The van der Waals surface area contributed by atoms with Crippen molar-refractivity contribution in [3.05, 3.63) is 0 Å². The van der Waals surface area contributed by atoms with Gasteiger partial charge >= 0.3 is 12.0 Å². The first-order chi connectivity index (χ1) is 9.32. The van der Waals surface area contributed by atoms with Crippen molar-refractivity contribution in [3.63, 3.8) is 0 Å². The van der Waals surface area contributed by atoms with Crippen LogP contribution in [0.1, 0.15) is 27.2 Å². The molecule has 20 heavy (non-hydrogen) atoms. The molecule has 1 saturated heterocycles. The van der Waals surface area contributed by atoms with Crippen LogP contribution in [0.3, 0.4) is 0 Å². The highest BCUT2D eigenvalue weighted by Crippen LogP contribution is 2.12. The Labute approximate surface area is 121 Å². The van der Waals surface area contributed by atoms with Crippen LogP contribution in [0.2, 0.25) is 0 Å². The van der Waals surface area contributed by atoms with Gasteiger partial charge in [0.1, 0.15) is 0 Å². The first kappa shape index (κ1) is 16.8. The Kier molecular flexibility index (Phi) is 6.26. The van der Waals surface area contributed by atoms with Crippen LogP contribution in [0.25, 0.3) is 0 Å². The van der Waals surface area contributed by atoms with Gasteiger partial charge in [-0.25, -0.2) is 4.79 Å². The van der Waals surface area contributed by atoms with Gasteiger partial charge in [0.25, 0.3) is 0 Å². The molecule has 1 fully saturated rings. The highest BCUT2D eigenvalue weighted by atomic mass is 16.4. The van der Waals surface area contributed by atoms with E-state index >= 15 is 0 Å². The summed E-state index contributed by atoms with van der Waals surface area (Å²) in [6.07, 6.45) is 0.945. The van der Waals surface area contributed by atoms with Crippen molar-refractivity contribution in [2.75, 3.05) is 33.2 Å². The van der Waals surface area contributed by atoms with Gasteiger partial charge in [-0.15, -0.1) is 0 Å². The third-order valence-electron chi connectivity index (χ3n) is 3.90. The van der Waals surface area contributed by atoms with Gasteiger partial charge in [0, 0.05) is 25.7 Å².